The summed E-state index contributed by atoms with van der Waals surface area (Å²) in [5, 5.41) is 0. The minimum Gasteiger partial charge on any atom is -0.365 e. The van der Waals surface area contributed by atoms with E-state index in [0.29, 0.717) is 18.5 Å². The molecule has 1 amide bonds. The SMILES string of the molecule is C=C1CN(C(=O)C2CCCCC2)C[C@H]2c3ccccc3CCN12. The molecule has 1 saturated heterocycles. The Morgan fingerprint density at radius 3 is 2.74 bits per heavy atom. The van der Waals surface area contributed by atoms with Crippen LogP contribution in [0.5, 0.6) is 0 Å². The third-order valence-electron chi connectivity index (χ3n) is 5.85. The zero-order chi connectivity index (χ0) is 15.8. The van der Waals surface area contributed by atoms with E-state index in [-0.39, 0.29) is 5.92 Å². The Kier molecular flexibility index (Phi) is 3.88. The summed E-state index contributed by atoms with van der Waals surface area (Å²) in [6.07, 6.45) is 6.95. The van der Waals surface area contributed by atoms with Crippen molar-refractivity contribution in [3.8, 4) is 0 Å². The van der Waals surface area contributed by atoms with Gasteiger partial charge in [0.1, 0.15) is 0 Å². The van der Waals surface area contributed by atoms with Gasteiger partial charge in [0.05, 0.1) is 12.6 Å². The van der Waals surface area contributed by atoms with Crippen LogP contribution in [0.25, 0.3) is 0 Å². The molecule has 0 aromatic heterocycles. The lowest BCUT2D eigenvalue weighted by molar-refractivity contribution is -0.138. The molecule has 0 unspecified atom stereocenters. The molecule has 4 rings (SSSR count). The van der Waals surface area contributed by atoms with Crippen molar-refractivity contribution in [3.05, 3.63) is 47.7 Å². The largest absolute Gasteiger partial charge is 0.365 e. The van der Waals surface area contributed by atoms with Gasteiger partial charge in [-0.25, -0.2) is 0 Å². The van der Waals surface area contributed by atoms with Crippen molar-refractivity contribution >= 4 is 5.91 Å². The van der Waals surface area contributed by atoms with Gasteiger partial charge in [0, 0.05) is 24.7 Å². The molecular formula is C20H26N2O. The predicted octanol–water partition coefficient (Wildman–Crippen LogP) is 3.52. The lowest BCUT2D eigenvalue weighted by Crippen LogP contribution is -2.52. The lowest BCUT2D eigenvalue weighted by Gasteiger charge is -2.48. The number of piperazine rings is 1. The fourth-order valence-corrected chi connectivity index (χ4v) is 4.59. The highest BCUT2D eigenvalue weighted by molar-refractivity contribution is 5.79. The number of fused-ring (bicyclic) bond motifs is 3. The van der Waals surface area contributed by atoms with Crippen LogP contribution in [0.15, 0.2) is 36.5 Å². The van der Waals surface area contributed by atoms with E-state index in [2.05, 4.69) is 40.6 Å². The van der Waals surface area contributed by atoms with Crippen molar-refractivity contribution in [3.63, 3.8) is 0 Å². The van der Waals surface area contributed by atoms with Crippen molar-refractivity contribution in [1.82, 2.24) is 9.80 Å². The molecule has 122 valence electrons. The lowest BCUT2D eigenvalue weighted by atomic mass is 9.86. The molecule has 2 aliphatic heterocycles. The van der Waals surface area contributed by atoms with Gasteiger partial charge in [-0.05, 0) is 30.4 Å². The van der Waals surface area contributed by atoms with Crippen LogP contribution in [0.3, 0.4) is 0 Å². The summed E-state index contributed by atoms with van der Waals surface area (Å²) < 4.78 is 0. The summed E-state index contributed by atoms with van der Waals surface area (Å²) >= 11 is 0. The van der Waals surface area contributed by atoms with E-state index in [9.17, 15) is 4.79 Å². The third kappa shape index (κ3) is 2.66. The van der Waals surface area contributed by atoms with Gasteiger partial charge in [-0.2, -0.15) is 0 Å². The Bertz CT molecular complexity index is 618. The summed E-state index contributed by atoms with van der Waals surface area (Å²) in [6, 6.07) is 9.00. The second kappa shape index (κ2) is 6.03. The molecule has 0 bridgehead atoms. The predicted molar refractivity (Wildman–Crippen MR) is 91.9 cm³/mol. The van der Waals surface area contributed by atoms with Crippen LogP contribution >= 0.6 is 0 Å². The van der Waals surface area contributed by atoms with Crippen LogP contribution in [-0.2, 0) is 11.2 Å². The summed E-state index contributed by atoms with van der Waals surface area (Å²) in [5.74, 6) is 0.621. The van der Waals surface area contributed by atoms with E-state index in [1.807, 2.05) is 0 Å². The first-order chi connectivity index (χ1) is 11.2. The van der Waals surface area contributed by atoms with Gasteiger partial charge in [0.25, 0.3) is 0 Å². The number of benzene rings is 1. The van der Waals surface area contributed by atoms with Gasteiger partial charge in [-0.3, -0.25) is 4.79 Å². The Morgan fingerprint density at radius 2 is 1.91 bits per heavy atom. The number of rotatable bonds is 1. The number of amides is 1. The molecule has 1 saturated carbocycles. The highest BCUT2D eigenvalue weighted by Crippen LogP contribution is 2.37. The monoisotopic (exact) mass is 310 g/mol. The Labute approximate surface area is 139 Å². The molecule has 3 nitrogen and oxygen atoms in total. The zero-order valence-corrected chi connectivity index (χ0v) is 13.8. The Balaban J connectivity index is 1.57. The number of carbonyl (C=O) groups is 1. The van der Waals surface area contributed by atoms with Gasteiger partial charge in [0.15, 0.2) is 0 Å². The van der Waals surface area contributed by atoms with E-state index in [1.165, 1.54) is 30.4 Å². The van der Waals surface area contributed by atoms with Gasteiger partial charge >= 0.3 is 0 Å². The molecule has 0 N–H and O–H groups in total. The van der Waals surface area contributed by atoms with Crippen LogP contribution in [0.2, 0.25) is 0 Å². The van der Waals surface area contributed by atoms with Gasteiger partial charge in [-0.1, -0.05) is 50.1 Å². The zero-order valence-electron chi connectivity index (χ0n) is 13.8. The van der Waals surface area contributed by atoms with E-state index < -0.39 is 0 Å². The molecule has 23 heavy (non-hydrogen) atoms. The molecule has 2 fully saturated rings. The van der Waals surface area contributed by atoms with E-state index >= 15 is 0 Å². The number of nitrogens with zero attached hydrogens (tertiary/aromatic N) is 2. The van der Waals surface area contributed by atoms with E-state index in [0.717, 1.165) is 38.0 Å². The smallest absolute Gasteiger partial charge is 0.226 e. The molecule has 1 aromatic carbocycles. The molecule has 3 aliphatic rings. The fraction of sp³-hybridized carbons (Fsp3) is 0.550. The molecule has 3 heteroatoms. The average molecular weight is 310 g/mol. The normalized spacial score (nSPS) is 25.0. The number of hydrogen-bond acceptors (Lipinski definition) is 2. The molecule has 1 atom stereocenters. The second-order valence-electron chi connectivity index (χ2n) is 7.28. The van der Waals surface area contributed by atoms with Crippen LogP contribution in [0.4, 0.5) is 0 Å². The fourth-order valence-electron chi connectivity index (χ4n) is 4.59. The highest BCUT2D eigenvalue weighted by atomic mass is 16.2. The average Bonchev–Trinajstić information content (AvgIpc) is 2.61. The van der Waals surface area contributed by atoms with Gasteiger partial charge in [-0.15, -0.1) is 0 Å². The summed E-state index contributed by atoms with van der Waals surface area (Å²) in [4.78, 5) is 17.5. The summed E-state index contributed by atoms with van der Waals surface area (Å²) in [6.45, 7) is 6.86. The van der Waals surface area contributed by atoms with Gasteiger partial charge in [0.2, 0.25) is 5.91 Å². The topological polar surface area (TPSA) is 23.6 Å². The molecule has 2 heterocycles. The minimum atomic E-state index is 0.252. The van der Waals surface area contributed by atoms with Crippen molar-refractivity contribution < 1.29 is 4.79 Å². The van der Waals surface area contributed by atoms with Crippen molar-refractivity contribution in [1.29, 1.82) is 0 Å². The van der Waals surface area contributed by atoms with Gasteiger partial charge < -0.3 is 9.80 Å². The standard InChI is InChI=1S/C20H26N2O/c1-15-13-21(20(23)17-8-3-2-4-9-17)14-19-18-10-6-5-7-16(18)11-12-22(15)19/h5-7,10,17,19H,1-4,8-9,11-14H2/t19-/m0/s1. The third-order valence-corrected chi connectivity index (χ3v) is 5.85. The van der Waals surface area contributed by atoms with Crippen LogP contribution < -0.4 is 0 Å². The van der Waals surface area contributed by atoms with Crippen molar-refractivity contribution in [2.24, 2.45) is 5.92 Å². The van der Waals surface area contributed by atoms with Crippen molar-refractivity contribution in [2.75, 3.05) is 19.6 Å². The molecule has 0 spiro atoms. The van der Waals surface area contributed by atoms with Crippen LogP contribution in [0, 0.1) is 5.92 Å². The molecule has 1 aliphatic carbocycles. The first kappa shape index (κ1) is 14.8. The maximum Gasteiger partial charge on any atom is 0.226 e. The molecular weight excluding hydrogens is 284 g/mol. The Morgan fingerprint density at radius 1 is 1.13 bits per heavy atom. The van der Waals surface area contributed by atoms with E-state index in [4.69, 9.17) is 0 Å². The number of hydrogen-bond donors (Lipinski definition) is 0. The van der Waals surface area contributed by atoms with E-state index in [1.54, 1.807) is 0 Å². The second-order valence-corrected chi connectivity index (χ2v) is 7.28. The van der Waals surface area contributed by atoms with Crippen LogP contribution in [0.1, 0.15) is 49.3 Å². The Hall–Kier alpha value is -1.77. The molecule has 1 aromatic rings. The maximum atomic E-state index is 13.0. The van der Waals surface area contributed by atoms with Crippen molar-refractivity contribution in [2.45, 2.75) is 44.6 Å². The van der Waals surface area contributed by atoms with Crippen LogP contribution in [-0.4, -0.2) is 35.3 Å². The first-order valence-electron chi connectivity index (χ1n) is 9.05. The summed E-state index contributed by atoms with van der Waals surface area (Å²) in [5.41, 5.74) is 3.94. The quantitative estimate of drug-likeness (QED) is 0.792. The highest BCUT2D eigenvalue weighted by Gasteiger charge is 2.37. The minimum absolute atomic E-state index is 0.252. The summed E-state index contributed by atoms with van der Waals surface area (Å²) in [7, 11) is 0. The first-order valence-corrected chi connectivity index (χ1v) is 9.05. The maximum absolute atomic E-state index is 13.0. The number of carbonyl (C=O) groups excluding carboxylic acids is 1. The molecule has 0 radical (unpaired) electrons.